The Kier molecular flexibility index (Phi) is 3.49. The minimum atomic E-state index is -4.31. The van der Waals surface area contributed by atoms with Crippen molar-refractivity contribution in [3.63, 3.8) is 0 Å². The zero-order valence-electron chi connectivity index (χ0n) is 9.59. The molecule has 6 heteroatoms. The van der Waals surface area contributed by atoms with Crippen LogP contribution in [0, 0.1) is 0 Å². The van der Waals surface area contributed by atoms with Crippen LogP contribution >= 0.6 is 0 Å². The number of urea groups is 1. The zero-order valence-corrected chi connectivity index (χ0v) is 9.59. The van der Waals surface area contributed by atoms with Crippen LogP contribution in [0.15, 0.2) is 0 Å². The topological polar surface area (TPSA) is 32.3 Å². The maximum atomic E-state index is 12.3. The number of carbonyl (C=O) groups excluding carboxylic acids is 1. The summed E-state index contributed by atoms with van der Waals surface area (Å²) >= 11 is 0. The summed E-state index contributed by atoms with van der Waals surface area (Å²) in [7, 11) is 0. The van der Waals surface area contributed by atoms with Crippen LogP contribution in [0.4, 0.5) is 18.0 Å². The summed E-state index contributed by atoms with van der Waals surface area (Å²) in [5.41, 5.74) is 0. The van der Waals surface area contributed by atoms with Crippen molar-refractivity contribution in [2.45, 2.75) is 56.8 Å². The molecule has 0 radical (unpaired) electrons. The molecule has 0 aliphatic heterocycles. The quantitative estimate of drug-likeness (QED) is 0.820. The smallest absolute Gasteiger partial charge is 0.335 e. The fourth-order valence-corrected chi connectivity index (χ4v) is 2.27. The Bertz CT molecular complexity index is 283. The van der Waals surface area contributed by atoms with Crippen LogP contribution in [0.2, 0.25) is 0 Å². The van der Waals surface area contributed by atoms with Crippen molar-refractivity contribution < 1.29 is 18.0 Å². The highest BCUT2D eigenvalue weighted by Crippen LogP contribution is 2.30. The van der Waals surface area contributed by atoms with E-state index in [0.717, 1.165) is 30.6 Å². The second-order valence-corrected chi connectivity index (χ2v) is 4.91. The van der Waals surface area contributed by atoms with Gasteiger partial charge in [-0.25, -0.2) is 4.79 Å². The van der Waals surface area contributed by atoms with E-state index in [-0.39, 0.29) is 12.1 Å². The van der Waals surface area contributed by atoms with Gasteiger partial charge >= 0.3 is 12.2 Å². The third kappa shape index (κ3) is 3.78. The van der Waals surface area contributed by atoms with Gasteiger partial charge in [0.2, 0.25) is 0 Å². The van der Waals surface area contributed by atoms with Gasteiger partial charge in [0.15, 0.2) is 0 Å². The molecule has 3 nitrogen and oxygen atoms in total. The average molecular weight is 250 g/mol. The average Bonchev–Trinajstić information content (AvgIpc) is 2.93. The van der Waals surface area contributed by atoms with Crippen molar-refractivity contribution in [2.75, 3.05) is 6.54 Å². The first-order valence-electron chi connectivity index (χ1n) is 6.09. The van der Waals surface area contributed by atoms with Gasteiger partial charge < -0.3 is 10.2 Å². The Morgan fingerprint density at radius 3 is 2.24 bits per heavy atom. The zero-order chi connectivity index (χ0) is 12.5. The summed E-state index contributed by atoms with van der Waals surface area (Å²) in [6.07, 6.45) is 0.936. The Hall–Kier alpha value is -0.940. The lowest BCUT2D eigenvalue weighted by atomic mass is 10.2. The molecular weight excluding hydrogens is 233 g/mol. The molecule has 0 heterocycles. The Morgan fingerprint density at radius 2 is 1.76 bits per heavy atom. The fraction of sp³-hybridized carbons (Fsp3) is 0.909. The summed E-state index contributed by atoms with van der Waals surface area (Å²) in [6.45, 7) is -1.13. The fourth-order valence-electron chi connectivity index (χ4n) is 2.27. The standard InChI is InChI=1S/C11H17F3N2O/c12-11(13,14)7-16(9-5-6-9)10(17)15-8-3-1-2-4-8/h8-9H,1-7H2,(H,15,17). The number of hydrogen-bond donors (Lipinski definition) is 1. The molecule has 0 saturated heterocycles. The van der Waals surface area contributed by atoms with Crippen molar-refractivity contribution in [2.24, 2.45) is 0 Å². The highest BCUT2D eigenvalue weighted by Gasteiger charge is 2.41. The molecule has 2 rings (SSSR count). The third-order valence-electron chi connectivity index (χ3n) is 3.28. The first-order valence-corrected chi connectivity index (χ1v) is 6.09. The van der Waals surface area contributed by atoms with Gasteiger partial charge in [0.25, 0.3) is 0 Å². The summed E-state index contributed by atoms with van der Waals surface area (Å²) in [4.78, 5) is 12.7. The molecule has 0 spiro atoms. The maximum absolute atomic E-state index is 12.3. The first-order chi connectivity index (χ1) is 7.96. The minimum absolute atomic E-state index is 0.0667. The van der Waals surface area contributed by atoms with E-state index in [1.165, 1.54) is 0 Å². The van der Waals surface area contributed by atoms with Gasteiger partial charge in [-0.2, -0.15) is 13.2 Å². The molecule has 17 heavy (non-hydrogen) atoms. The molecule has 0 aromatic rings. The molecule has 0 aromatic carbocycles. The third-order valence-corrected chi connectivity index (χ3v) is 3.28. The number of nitrogens with one attached hydrogen (secondary N) is 1. The summed E-state index contributed by atoms with van der Waals surface area (Å²) in [6, 6.07) is -0.688. The second kappa shape index (κ2) is 4.74. The van der Waals surface area contributed by atoms with Crippen molar-refractivity contribution in [1.82, 2.24) is 10.2 Å². The lowest BCUT2D eigenvalue weighted by Gasteiger charge is -2.25. The van der Waals surface area contributed by atoms with Crippen molar-refractivity contribution in [1.29, 1.82) is 0 Å². The summed E-state index contributed by atoms with van der Waals surface area (Å²) in [5, 5.41) is 2.71. The molecule has 0 aromatic heterocycles. The normalized spacial score (nSPS) is 21.6. The lowest BCUT2D eigenvalue weighted by molar-refractivity contribution is -0.141. The Morgan fingerprint density at radius 1 is 1.18 bits per heavy atom. The molecule has 98 valence electrons. The van der Waals surface area contributed by atoms with E-state index >= 15 is 0 Å². The molecule has 2 amide bonds. The van der Waals surface area contributed by atoms with Gasteiger partial charge in [-0.15, -0.1) is 0 Å². The SMILES string of the molecule is O=C(NC1CCCC1)N(CC(F)(F)F)C1CC1. The largest absolute Gasteiger partial charge is 0.406 e. The highest BCUT2D eigenvalue weighted by atomic mass is 19.4. The second-order valence-electron chi connectivity index (χ2n) is 4.91. The monoisotopic (exact) mass is 250 g/mol. The number of carbonyl (C=O) groups is 1. The molecular formula is C11H17F3N2O. The van der Waals surface area contributed by atoms with E-state index in [1.54, 1.807) is 0 Å². The van der Waals surface area contributed by atoms with Crippen LogP contribution < -0.4 is 5.32 Å². The van der Waals surface area contributed by atoms with E-state index in [4.69, 9.17) is 0 Å². The van der Waals surface area contributed by atoms with Crippen molar-refractivity contribution >= 4 is 6.03 Å². The van der Waals surface area contributed by atoms with Crippen LogP contribution in [-0.2, 0) is 0 Å². The van der Waals surface area contributed by atoms with Gasteiger partial charge in [0, 0.05) is 12.1 Å². The number of alkyl halides is 3. The minimum Gasteiger partial charge on any atom is -0.335 e. The van der Waals surface area contributed by atoms with Gasteiger partial charge in [0.05, 0.1) is 0 Å². The Labute approximate surface area is 98.3 Å². The van der Waals surface area contributed by atoms with Crippen LogP contribution in [0.1, 0.15) is 38.5 Å². The van der Waals surface area contributed by atoms with Crippen LogP contribution in [0.5, 0.6) is 0 Å². The number of rotatable bonds is 3. The van der Waals surface area contributed by atoms with Crippen LogP contribution in [-0.4, -0.2) is 35.7 Å². The van der Waals surface area contributed by atoms with Crippen LogP contribution in [0.3, 0.4) is 0 Å². The van der Waals surface area contributed by atoms with Crippen molar-refractivity contribution in [3.05, 3.63) is 0 Å². The van der Waals surface area contributed by atoms with E-state index in [9.17, 15) is 18.0 Å². The molecule has 1 N–H and O–H groups in total. The van der Waals surface area contributed by atoms with Gasteiger partial charge in [-0.3, -0.25) is 0 Å². The number of nitrogens with zero attached hydrogens (tertiary/aromatic N) is 1. The van der Waals surface area contributed by atoms with E-state index < -0.39 is 18.8 Å². The van der Waals surface area contributed by atoms with Crippen molar-refractivity contribution in [3.8, 4) is 0 Å². The van der Waals surface area contributed by atoms with E-state index in [0.29, 0.717) is 12.8 Å². The maximum Gasteiger partial charge on any atom is 0.406 e. The van der Waals surface area contributed by atoms with Gasteiger partial charge in [-0.1, -0.05) is 12.8 Å². The van der Waals surface area contributed by atoms with Gasteiger partial charge in [-0.05, 0) is 25.7 Å². The molecule has 2 aliphatic rings. The lowest BCUT2D eigenvalue weighted by Crippen LogP contribution is -2.48. The molecule has 2 saturated carbocycles. The molecule has 0 bridgehead atoms. The summed E-state index contributed by atoms with van der Waals surface area (Å²) < 4.78 is 37.0. The highest BCUT2D eigenvalue weighted by molar-refractivity contribution is 5.75. The van der Waals surface area contributed by atoms with Crippen LogP contribution in [0.25, 0.3) is 0 Å². The number of hydrogen-bond acceptors (Lipinski definition) is 1. The molecule has 0 unspecified atom stereocenters. The predicted molar refractivity (Wildman–Crippen MR) is 56.6 cm³/mol. The number of amides is 2. The molecule has 0 atom stereocenters. The van der Waals surface area contributed by atoms with E-state index in [1.807, 2.05) is 0 Å². The van der Waals surface area contributed by atoms with Gasteiger partial charge in [0.1, 0.15) is 6.54 Å². The first kappa shape index (κ1) is 12.5. The molecule has 2 fully saturated rings. The summed E-state index contributed by atoms with van der Waals surface area (Å²) in [5.74, 6) is 0. The Balaban J connectivity index is 1.88. The van der Waals surface area contributed by atoms with E-state index in [2.05, 4.69) is 5.32 Å². The predicted octanol–water partition coefficient (Wildman–Crippen LogP) is 2.67. The number of halogens is 3. The molecule has 2 aliphatic carbocycles.